The number of carboxylic acid groups (broad SMARTS) is 1. The molecule has 0 aromatic heterocycles. The first kappa shape index (κ1) is 17.5. The summed E-state index contributed by atoms with van der Waals surface area (Å²) >= 11 is 0. The van der Waals surface area contributed by atoms with Crippen molar-refractivity contribution in [1.82, 2.24) is 4.90 Å². The molecule has 0 saturated heterocycles. The summed E-state index contributed by atoms with van der Waals surface area (Å²) in [4.78, 5) is 37.2. The van der Waals surface area contributed by atoms with Crippen molar-refractivity contribution in [3.05, 3.63) is 59.7 Å². The standard InChI is InChI=1S/C19H18N2O5/c1-12-18(24)20-15-9-5-8-14(17(15)26-12)19(25)21(11-16(22)23)10-13-6-3-2-4-7-13/h2-9,12H,10-11H2,1H3,(H,20,24)(H,22,23)/t12-/m1/s1. The smallest absolute Gasteiger partial charge is 0.323 e. The maximum absolute atomic E-state index is 13.0. The summed E-state index contributed by atoms with van der Waals surface area (Å²) in [5.74, 6) is -1.63. The van der Waals surface area contributed by atoms with Crippen molar-refractivity contribution < 1.29 is 24.2 Å². The van der Waals surface area contributed by atoms with E-state index in [1.165, 1.54) is 4.90 Å². The number of para-hydroxylation sites is 1. The van der Waals surface area contributed by atoms with E-state index in [-0.39, 0.29) is 23.8 Å². The van der Waals surface area contributed by atoms with Gasteiger partial charge in [0.1, 0.15) is 6.54 Å². The second-order valence-corrected chi connectivity index (χ2v) is 5.97. The number of fused-ring (bicyclic) bond motifs is 1. The van der Waals surface area contributed by atoms with E-state index in [0.717, 1.165) is 5.56 Å². The van der Waals surface area contributed by atoms with Crippen LogP contribution in [0.4, 0.5) is 5.69 Å². The summed E-state index contributed by atoms with van der Waals surface area (Å²) < 4.78 is 5.59. The van der Waals surface area contributed by atoms with Gasteiger partial charge in [-0.15, -0.1) is 0 Å². The number of carbonyl (C=O) groups is 3. The predicted octanol–water partition coefficient (Wildman–Crippen LogP) is 2.13. The average molecular weight is 354 g/mol. The van der Waals surface area contributed by atoms with Crippen molar-refractivity contribution in [2.45, 2.75) is 19.6 Å². The highest BCUT2D eigenvalue weighted by atomic mass is 16.5. The van der Waals surface area contributed by atoms with Crippen LogP contribution in [-0.4, -0.2) is 40.4 Å². The number of anilines is 1. The van der Waals surface area contributed by atoms with Gasteiger partial charge in [-0.25, -0.2) is 0 Å². The van der Waals surface area contributed by atoms with Gasteiger partial charge in [-0.3, -0.25) is 14.4 Å². The highest BCUT2D eigenvalue weighted by Crippen LogP contribution is 2.34. The summed E-state index contributed by atoms with van der Waals surface area (Å²) in [6.45, 7) is 1.29. The molecule has 0 unspecified atom stereocenters. The molecular weight excluding hydrogens is 336 g/mol. The van der Waals surface area contributed by atoms with Crippen LogP contribution in [0.1, 0.15) is 22.8 Å². The minimum absolute atomic E-state index is 0.150. The second-order valence-electron chi connectivity index (χ2n) is 5.97. The zero-order chi connectivity index (χ0) is 18.7. The largest absolute Gasteiger partial charge is 0.480 e. The molecule has 0 saturated carbocycles. The summed E-state index contributed by atoms with van der Waals surface area (Å²) in [6, 6.07) is 13.9. The van der Waals surface area contributed by atoms with Gasteiger partial charge in [0, 0.05) is 6.54 Å². The SMILES string of the molecule is C[C@H]1Oc2c(cccc2C(=O)N(CC(=O)O)Cc2ccccc2)NC1=O. The molecule has 134 valence electrons. The molecule has 0 aliphatic carbocycles. The minimum Gasteiger partial charge on any atom is -0.480 e. The third-order valence-electron chi connectivity index (χ3n) is 4.00. The lowest BCUT2D eigenvalue weighted by molar-refractivity contribution is -0.137. The summed E-state index contributed by atoms with van der Waals surface area (Å²) in [7, 11) is 0. The molecule has 7 heteroatoms. The molecule has 0 radical (unpaired) electrons. The lowest BCUT2D eigenvalue weighted by atomic mass is 10.1. The maximum atomic E-state index is 13.0. The minimum atomic E-state index is -1.11. The van der Waals surface area contributed by atoms with Crippen LogP contribution in [0.2, 0.25) is 0 Å². The topological polar surface area (TPSA) is 95.9 Å². The fourth-order valence-corrected chi connectivity index (χ4v) is 2.73. The zero-order valence-electron chi connectivity index (χ0n) is 14.1. The molecule has 7 nitrogen and oxygen atoms in total. The van der Waals surface area contributed by atoms with Gasteiger partial charge < -0.3 is 20.1 Å². The van der Waals surface area contributed by atoms with E-state index >= 15 is 0 Å². The first-order valence-corrected chi connectivity index (χ1v) is 8.11. The molecular formula is C19H18N2O5. The first-order chi connectivity index (χ1) is 12.5. The summed E-state index contributed by atoms with van der Waals surface area (Å²) in [5, 5.41) is 11.9. The number of benzene rings is 2. The first-order valence-electron chi connectivity index (χ1n) is 8.11. The molecule has 1 atom stereocenters. The molecule has 0 spiro atoms. The molecule has 1 heterocycles. The van der Waals surface area contributed by atoms with E-state index in [1.54, 1.807) is 25.1 Å². The van der Waals surface area contributed by atoms with Gasteiger partial charge in [-0.1, -0.05) is 36.4 Å². The molecule has 26 heavy (non-hydrogen) atoms. The molecule has 2 aromatic carbocycles. The van der Waals surface area contributed by atoms with Crippen LogP contribution >= 0.6 is 0 Å². The fraction of sp³-hybridized carbons (Fsp3) is 0.211. The number of hydrogen-bond donors (Lipinski definition) is 2. The number of nitrogens with zero attached hydrogens (tertiary/aromatic N) is 1. The number of carbonyl (C=O) groups excluding carboxylic acids is 2. The molecule has 2 N–H and O–H groups in total. The molecule has 2 aromatic rings. The average Bonchev–Trinajstić information content (AvgIpc) is 2.61. The lowest BCUT2D eigenvalue weighted by Gasteiger charge is -2.27. The maximum Gasteiger partial charge on any atom is 0.323 e. The Labute approximate surface area is 150 Å². The van der Waals surface area contributed by atoms with Crippen LogP contribution in [-0.2, 0) is 16.1 Å². The Balaban J connectivity index is 1.93. The van der Waals surface area contributed by atoms with E-state index in [4.69, 9.17) is 4.74 Å². The van der Waals surface area contributed by atoms with Gasteiger partial charge in [0.05, 0.1) is 11.3 Å². The molecule has 0 fully saturated rings. The molecule has 3 rings (SSSR count). The van der Waals surface area contributed by atoms with Crippen molar-refractivity contribution in [1.29, 1.82) is 0 Å². The Morgan fingerprint density at radius 2 is 1.88 bits per heavy atom. The number of aliphatic carboxylic acids is 1. The van der Waals surface area contributed by atoms with E-state index < -0.39 is 24.5 Å². The van der Waals surface area contributed by atoms with Crippen molar-refractivity contribution >= 4 is 23.5 Å². The number of amides is 2. The Kier molecular flexibility index (Phi) is 4.88. The van der Waals surface area contributed by atoms with Crippen molar-refractivity contribution in [3.63, 3.8) is 0 Å². The monoisotopic (exact) mass is 354 g/mol. The third kappa shape index (κ3) is 3.66. The van der Waals surface area contributed by atoms with Gasteiger partial charge in [-0.2, -0.15) is 0 Å². The number of hydrogen-bond acceptors (Lipinski definition) is 4. The van der Waals surface area contributed by atoms with Gasteiger partial charge in [0.2, 0.25) is 0 Å². The normalized spacial score (nSPS) is 15.4. The molecule has 0 bridgehead atoms. The van der Waals surface area contributed by atoms with Crippen molar-refractivity contribution in [2.24, 2.45) is 0 Å². The second kappa shape index (κ2) is 7.26. The van der Waals surface area contributed by atoms with Gasteiger partial charge in [0.25, 0.3) is 11.8 Å². The number of carboxylic acids is 1. The zero-order valence-corrected chi connectivity index (χ0v) is 14.1. The van der Waals surface area contributed by atoms with Gasteiger partial charge >= 0.3 is 5.97 Å². The number of rotatable bonds is 5. The Hall–Kier alpha value is -3.35. The molecule has 1 aliphatic rings. The Morgan fingerprint density at radius 3 is 2.58 bits per heavy atom. The number of nitrogens with one attached hydrogen (secondary N) is 1. The van der Waals surface area contributed by atoms with E-state index in [9.17, 15) is 19.5 Å². The van der Waals surface area contributed by atoms with Crippen LogP contribution in [0.25, 0.3) is 0 Å². The summed E-state index contributed by atoms with van der Waals surface area (Å²) in [5.41, 5.74) is 1.43. The highest BCUT2D eigenvalue weighted by Gasteiger charge is 2.30. The van der Waals surface area contributed by atoms with Crippen LogP contribution in [0.5, 0.6) is 5.75 Å². The molecule has 2 amide bonds. The quantitative estimate of drug-likeness (QED) is 0.858. The van der Waals surface area contributed by atoms with E-state index in [2.05, 4.69) is 5.32 Å². The van der Waals surface area contributed by atoms with Crippen LogP contribution in [0.3, 0.4) is 0 Å². The van der Waals surface area contributed by atoms with Crippen LogP contribution in [0.15, 0.2) is 48.5 Å². The van der Waals surface area contributed by atoms with Crippen molar-refractivity contribution in [2.75, 3.05) is 11.9 Å². The third-order valence-corrected chi connectivity index (χ3v) is 4.00. The molecule has 1 aliphatic heterocycles. The van der Waals surface area contributed by atoms with E-state index in [1.807, 2.05) is 30.3 Å². The van der Waals surface area contributed by atoms with Crippen LogP contribution < -0.4 is 10.1 Å². The van der Waals surface area contributed by atoms with Gasteiger partial charge in [0.15, 0.2) is 11.9 Å². The van der Waals surface area contributed by atoms with Crippen molar-refractivity contribution in [3.8, 4) is 5.75 Å². The van der Waals surface area contributed by atoms with Gasteiger partial charge in [-0.05, 0) is 24.6 Å². The summed E-state index contributed by atoms with van der Waals surface area (Å²) in [6.07, 6.45) is -0.738. The Morgan fingerprint density at radius 1 is 1.15 bits per heavy atom. The lowest BCUT2D eigenvalue weighted by Crippen LogP contribution is -2.38. The Bertz CT molecular complexity index is 850. The van der Waals surface area contributed by atoms with Crippen LogP contribution in [0, 0.1) is 0 Å². The fourth-order valence-electron chi connectivity index (χ4n) is 2.73. The van der Waals surface area contributed by atoms with E-state index in [0.29, 0.717) is 5.69 Å². The highest BCUT2D eigenvalue weighted by molar-refractivity contribution is 6.04. The number of ether oxygens (including phenoxy) is 1. The predicted molar refractivity (Wildman–Crippen MR) is 94.0 cm³/mol.